The van der Waals surface area contributed by atoms with Crippen LogP contribution in [0.3, 0.4) is 0 Å². The molecule has 0 aromatic rings. The first-order chi connectivity index (χ1) is 7.54. The van der Waals surface area contributed by atoms with Gasteiger partial charge in [0.05, 0.1) is 6.61 Å². The van der Waals surface area contributed by atoms with Crippen LogP contribution in [-0.2, 0) is 9.53 Å². The fourth-order valence-corrected chi connectivity index (χ4v) is 2.86. The highest BCUT2D eigenvalue weighted by Gasteiger charge is 2.44. The number of rotatable bonds is 4. The average Bonchev–Trinajstić information content (AvgIpc) is 2.29. The van der Waals surface area contributed by atoms with Crippen molar-refractivity contribution in [2.75, 3.05) is 6.61 Å². The van der Waals surface area contributed by atoms with Crippen LogP contribution in [0.1, 0.15) is 52.9 Å². The fourth-order valence-electron chi connectivity index (χ4n) is 2.86. The lowest BCUT2D eigenvalue weighted by molar-refractivity contribution is -0.173. The molecule has 0 bridgehead atoms. The molecular weight excluding hydrogens is 204 g/mol. The van der Waals surface area contributed by atoms with Crippen molar-refractivity contribution in [1.29, 1.82) is 0 Å². The standard InChI is InChI=1S/C13H24O3/c1-4-10-8-6-7-9-11(10)13(3,15)12(14)16-5-2/h10-11,15H,4-9H2,1-3H3. The van der Waals surface area contributed by atoms with Crippen LogP contribution in [0.2, 0.25) is 0 Å². The number of aliphatic hydroxyl groups is 1. The van der Waals surface area contributed by atoms with Gasteiger partial charge in [-0.1, -0.05) is 32.6 Å². The van der Waals surface area contributed by atoms with Crippen molar-refractivity contribution < 1.29 is 14.6 Å². The molecule has 3 unspecified atom stereocenters. The Bertz CT molecular complexity index is 235. The molecule has 0 aromatic heterocycles. The number of carbonyl (C=O) groups is 1. The van der Waals surface area contributed by atoms with Crippen molar-refractivity contribution in [3.63, 3.8) is 0 Å². The van der Waals surface area contributed by atoms with E-state index >= 15 is 0 Å². The molecule has 1 aliphatic carbocycles. The molecule has 3 nitrogen and oxygen atoms in total. The predicted molar refractivity (Wildman–Crippen MR) is 63.0 cm³/mol. The summed E-state index contributed by atoms with van der Waals surface area (Å²) < 4.78 is 4.96. The molecule has 0 saturated heterocycles. The van der Waals surface area contributed by atoms with Gasteiger partial charge in [-0.15, -0.1) is 0 Å². The SMILES string of the molecule is CCOC(=O)C(C)(O)C1CCCCC1CC. The molecule has 0 spiro atoms. The summed E-state index contributed by atoms with van der Waals surface area (Å²) >= 11 is 0. The van der Waals surface area contributed by atoms with E-state index in [1.54, 1.807) is 13.8 Å². The maximum atomic E-state index is 11.8. The molecular formula is C13H24O3. The van der Waals surface area contributed by atoms with Gasteiger partial charge in [-0.05, 0) is 26.2 Å². The van der Waals surface area contributed by atoms with Gasteiger partial charge in [0.25, 0.3) is 0 Å². The largest absolute Gasteiger partial charge is 0.464 e. The Kier molecular flexibility index (Phi) is 4.78. The normalized spacial score (nSPS) is 29.5. The molecule has 1 rings (SSSR count). The van der Waals surface area contributed by atoms with Crippen LogP contribution in [0.15, 0.2) is 0 Å². The molecule has 3 heteroatoms. The lowest BCUT2D eigenvalue weighted by atomic mass is 9.69. The zero-order chi connectivity index (χ0) is 12.2. The minimum absolute atomic E-state index is 0.0605. The van der Waals surface area contributed by atoms with Crippen molar-refractivity contribution in [3.05, 3.63) is 0 Å². The van der Waals surface area contributed by atoms with Gasteiger partial charge < -0.3 is 9.84 Å². The van der Waals surface area contributed by atoms with E-state index in [-0.39, 0.29) is 5.92 Å². The van der Waals surface area contributed by atoms with E-state index < -0.39 is 11.6 Å². The van der Waals surface area contributed by atoms with Crippen molar-refractivity contribution in [2.45, 2.75) is 58.5 Å². The molecule has 1 saturated carbocycles. The highest BCUT2D eigenvalue weighted by molar-refractivity contribution is 5.79. The second-order valence-corrected chi connectivity index (χ2v) is 4.93. The Morgan fingerprint density at radius 2 is 2.00 bits per heavy atom. The van der Waals surface area contributed by atoms with Crippen LogP contribution in [-0.4, -0.2) is 23.3 Å². The van der Waals surface area contributed by atoms with Gasteiger partial charge in [-0.25, -0.2) is 4.79 Å². The third kappa shape index (κ3) is 2.76. The van der Waals surface area contributed by atoms with E-state index in [0.717, 1.165) is 25.7 Å². The number of hydrogen-bond donors (Lipinski definition) is 1. The lowest BCUT2D eigenvalue weighted by Gasteiger charge is -2.39. The van der Waals surface area contributed by atoms with E-state index in [9.17, 15) is 9.90 Å². The maximum absolute atomic E-state index is 11.8. The van der Waals surface area contributed by atoms with Crippen LogP contribution in [0.5, 0.6) is 0 Å². The van der Waals surface area contributed by atoms with Gasteiger partial charge in [0.15, 0.2) is 5.60 Å². The predicted octanol–water partition coefficient (Wildman–Crippen LogP) is 2.52. The highest BCUT2D eigenvalue weighted by Crippen LogP contribution is 2.39. The van der Waals surface area contributed by atoms with E-state index in [2.05, 4.69) is 6.92 Å². The minimum atomic E-state index is -1.31. The molecule has 0 heterocycles. The molecule has 1 aliphatic rings. The zero-order valence-electron chi connectivity index (χ0n) is 10.7. The van der Waals surface area contributed by atoms with Crippen molar-refractivity contribution >= 4 is 5.97 Å². The summed E-state index contributed by atoms with van der Waals surface area (Å²) in [4.78, 5) is 11.8. The smallest absolute Gasteiger partial charge is 0.338 e. The summed E-state index contributed by atoms with van der Waals surface area (Å²) in [7, 11) is 0. The van der Waals surface area contributed by atoms with Crippen LogP contribution in [0.25, 0.3) is 0 Å². The Balaban J connectivity index is 2.74. The van der Waals surface area contributed by atoms with Crippen LogP contribution in [0.4, 0.5) is 0 Å². The number of hydrogen-bond acceptors (Lipinski definition) is 3. The van der Waals surface area contributed by atoms with Gasteiger partial charge in [0.2, 0.25) is 0 Å². The molecule has 16 heavy (non-hydrogen) atoms. The Morgan fingerprint density at radius 1 is 1.38 bits per heavy atom. The lowest BCUT2D eigenvalue weighted by Crippen LogP contribution is -2.48. The van der Waals surface area contributed by atoms with E-state index in [4.69, 9.17) is 4.74 Å². The summed E-state index contributed by atoms with van der Waals surface area (Å²) in [6.07, 6.45) is 5.41. The third-order valence-corrected chi connectivity index (χ3v) is 3.84. The summed E-state index contributed by atoms with van der Waals surface area (Å²) in [6, 6.07) is 0. The molecule has 3 atom stereocenters. The van der Waals surface area contributed by atoms with Crippen LogP contribution >= 0.6 is 0 Å². The number of carbonyl (C=O) groups excluding carboxylic acids is 1. The molecule has 0 aliphatic heterocycles. The van der Waals surface area contributed by atoms with Crippen LogP contribution < -0.4 is 0 Å². The molecule has 0 amide bonds. The third-order valence-electron chi connectivity index (χ3n) is 3.84. The summed E-state index contributed by atoms with van der Waals surface area (Å²) in [5, 5.41) is 10.4. The van der Waals surface area contributed by atoms with E-state index in [1.165, 1.54) is 6.42 Å². The Hall–Kier alpha value is -0.570. The van der Waals surface area contributed by atoms with Crippen molar-refractivity contribution in [1.82, 2.24) is 0 Å². The minimum Gasteiger partial charge on any atom is -0.464 e. The zero-order valence-corrected chi connectivity index (χ0v) is 10.7. The first-order valence-electron chi connectivity index (χ1n) is 6.43. The van der Waals surface area contributed by atoms with Gasteiger partial charge in [0, 0.05) is 5.92 Å². The maximum Gasteiger partial charge on any atom is 0.338 e. The molecule has 0 radical (unpaired) electrons. The molecule has 94 valence electrons. The fraction of sp³-hybridized carbons (Fsp3) is 0.923. The average molecular weight is 228 g/mol. The van der Waals surface area contributed by atoms with Gasteiger partial charge in [-0.3, -0.25) is 0 Å². The van der Waals surface area contributed by atoms with Gasteiger partial charge in [0.1, 0.15) is 0 Å². The van der Waals surface area contributed by atoms with Gasteiger partial charge in [-0.2, -0.15) is 0 Å². The quantitative estimate of drug-likeness (QED) is 0.752. The highest BCUT2D eigenvalue weighted by atomic mass is 16.5. The Morgan fingerprint density at radius 3 is 2.56 bits per heavy atom. The molecule has 1 N–H and O–H groups in total. The second-order valence-electron chi connectivity index (χ2n) is 4.93. The number of esters is 1. The van der Waals surface area contributed by atoms with Crippen molar-refractivity contribution in [2.24, 2.45) is 11.8 Å². The molecule has 1 fully saturated rings. The summed E-state index contributed by atoms with van der Waals surface area (Å²) in [5.74, 6) is 0.0545. The second kappa shape index (κ2) is 5.67. The summed E-state index contributed by atoms with van der Waals surface area (Å²) in [5.41, 5.74) is -1.31. The van der Waals surface area contributed by atoms with Crippen LogP contribution in [0, 0.1) is 11.8 Å². The summed E-state index contributed by atoms with van der Waals surface area (Å²) in [6.45, 7) is 5.85. The van der Waals surface area contributed by atoms with Crippen molar-refractivity contribution in [3.8, 4) is 0 Å². The van der Waals surface area contributed by atoms with E-state index in [0.29, 0.717) is 12.5 Å². The number of ether oxygens (including phenoxy) is 1. The van der Waals surface area contributed by atoms with Gasteiger partial charge >= 0.3 is 5.97 Å². The Labute approximate surface area is 98.2 Å². The molecule has 0 aromatic carbocycles. The first kappa shape index (κ1) is 13.5. The topological polar surface area (TPSA) is 46.5 Å². The van der Waals surface area contributed by atoms with E-state index in [1.807, 2.05) is 0 Å². The first-order valence-corrected chi connectivity index (χ1v) is 6.43. The monoisotopic (exact) mass is 228 g/mol.